The largest absolute Gasteiger partial charge is 0.495 e. The number of halogens is 1. The number of nitrogens with one attached hydrogen (secondary N) is 1. The van der Waals surface area contributed by atoms with Crippen molar-refractivity contribution in [3.63, 3.8) is 0 Å². The number of methoxy groups -OCH3 is 1. The monoisotopic (exact) mass is 536 g/mol. The summed E-state index contributed by atoms with van der Waals surface area (Å²) in [6.07, 6.45) is 0. The molecule has 12 heteroatoms. The van der Waals surface area contributed by atoms with Crippen molar-refractivity contribution in [2.24, 2.45) is 7.05 Å². The smallest absolute Gasteiger partial charge is 0.419 e. The predicted octanol–water partition coefficient (Wildman–Crippen LogP) is 3.88. The van der Waals surface area contributed by atoms with Crippen molar-refractivity contribution < 1.29 is 26.0 Å². The Balaban J connectivity index is 1.58. The van der Waals surface area contributed by atoms with Gasteiger partial charge in [0, 0.05) is 17.8 Å². The van der Waals surface area contributed by atoms with E-state index in [0.29, 0.717) is 22.2 Å². The molecule has 0 atom stereocenters. The third kappa shape index (κ3) is 4.93. The number of rotatable bonds is 7. The van der Waals surface area contributed by atoms with Crippen LogP contribution in [0.5, 0.6) is 5.75 Å². The van der Waals surface area contributed by atoms with Gasteiger partial charge in [-0.25, -0.2) is 21.6 Å². The lowest BCUT2D eigenvalue weighted by Gasteiger charge is -2.13. The first-order chi connectivity index (χ1) is 16.4. The molecule has 0 aliphatic rings. The molecule has 4 rings (SSSR count). The molecule has 0 aliphatic heterocycles. The molecule has 0 unspecified atom stereocenters. The Labute approximate surface area is 206 Å². The van der Waals surface area contributed by atoms with Crippen LogP contribution in [0.3, 0.4) is 0 Å². The molecule has 9 nitrogen and oxygen atoms in total. The van der Waals surface area contributed by atoms with Gasteiger partial charge < -0.3 is 9.15 Å². The van der Waals surface area contributed by atoms with Crippen LogP contribution in [0.2, 0.25) is 5.02 Å². The summed E-state index contributed by atoms with van der Waals surface area (Å²) in [7, 11) is -4.94. The van der Waals surface area contributed by atoms with Crippen LogP contribution in [0.4, 0.5) is 5.69 Å². The third-order valence-electron chi connectivity index (χ3n) is 5.40. The van der Waals surface area contributed by atoms with E-state index in [0.717, 1.165) is 0 Å². The zero-order valence-electron chi connectivity index (χ0n) is 18.9. The zero-order chi connectivity index (χ0) is 25.5. The fraction of sp³-hybridized carbons (Fsp3) is 0.174. The lowest BCUT2D eigenvalue weighted by molar-refractivity contribution is 0.403. The SMILES string of the molecule is COc1ccc(Cl)cc1S(=O)(=O)Nc1ccc(CS(=O)(=O)c2cc3c(cc2C)oc(=O)n3C)cc1. The van der Waals surface area contributed by atoms with Gasteiger partial charge in [-0.15, -0.1) is 0 Å². The van der Waals surface area contributed by atoms with E-state index in [1.165, 1.54) is 73.3 Å². The van der Waals surface area contributed by atoms with Crippen LogP contribution < -0.4 is 15.2 Å². The van der Waals surface area contributed by atoms with Crippen LogP contribution in [0.25, 0.3) is 11.1 Å². The van der Waals surface area contributed by atoms with Crippen molar-refractivity contribution in [3.8, 4) is 5.75 Å². The lowest BCUT2D eigenvalue weighted by atomic mass is 10.2. The fourth-order valence-electron chi connectivity index (χ4n) is 3.63. The maximum absolute atomic E-state index is 13.1. The number of sulfonamides is 1. The second-order valence-corrected chi connectivity index (χ2v) is 11.9. The summed E-state index contributed by atoms with van der Waals surface area (Å²) in [5.41, 5.74) is 1.82. The van der Waals surface area contributed by atoms with Crippen molar-refractivity contribution in [3.05, 3.63) is 81.3 Å². The Bertz CT molecular complexity index is 1710. The lowest BCUT2D eigenvalue weighted by Crippen LogP contribution is -2.14. The normalized spacial score (nSPS) is 12.1. The van der Waals surface area contributed by atoms with E-state index < -0.39 is 25.6 Å². The van der Waals surface area contributed by atoms with Gasteiger partial charge in [-0.1, -0.05) is 23.7 Å². The quantitative estimate of drug-likeness (QED) is 0.380. The molecule has 35 heavy (non-hydrogen) atoms. The van der Waals surface area contributed by atoms with Gasteiger partial charge in [0.05, 0.1) is 23.3 Å². The highest BCUT2D eigenvalue weighted by molar-refractivity contribution is 7.92. The van der Waals surface area contributed by atoms with Gasteiger partial charge in [0.15, 0.2) is 15.4 Å². The molecule has 0 saturated carbocycles. The van der Waals surface area contributed by atoms with Crippen molar-refractivity contribution in [2.75, 3.05) is 11.8 Å². The molecular weight excluding hydrogens is 516 g/mol. The minimum absolute atomic E-state index is 0.0826. The van der Waals surface area contributed by atoms with E-state index in [1.807, 2.05) is 0 Å². The highest BCUT2D eigenvalue weighted by atomic mass is 35.5. The summed E-state index contributed by atoms with van der Waals surface area (Å²) in [6.45, 7) is 1.63. The van der Waals surface area contributed by atoms with Crippen molar-refractivity contribution in [1.29, 1.82) is 0 Å². The van der Waals surface area contributed by atoms with Crippen LogP contribution >= 0.6 is 11.6 Å². The molecule has 0 amide bonds. The second-order valence-electron chi connectivity index (χ2n) is 7.87. The number of sulfone groups is 1. The summed E-state index contributed by atoms with van der Waals surface area (Å²) in [4.78, 5) is 11.7. The number of hydrogen-bond acceptors (Lipinski definition) is 7. The van der Waals surface area contributed by atoms with E-state index in [-0.39, 0.29) is 32.0 Å². The number of benzene rings is 3. The van der Waals surface area contributed by atoms with Crippen LogP contribution in [0, 0.1) is 6.92 Å². The molecule has 4 aromatic rings. The molecule has 0 aliphatic carbocycles. The highest BCUT2D eigenvalue weighted by Gasteiger charge is 2.22. The molecule has 3 aromatic carbocycles. The number of fused-ring (bicyclic) bond motifs is 1. The molecule has 1 N–H and O–H groups in total. The Morgan fingerprint density at radius 1 is 1.00 bits per heavy atom. The van der Waals surface area contributed by atoms with Gasteiger partial charge in [-0.05, 0) is 60.5 Å². The number of aromatic nitrogens is 1. The van der Waals surface area contributed by atoms with Gasteiger partial charge in [-0.2, -0.15) is 0 Å². The van der Waals surface area contributed by atoms with Gasteiger partial charge >= 0.3 is 5.76 Å². The maximum atomic E-state index is 13.1. The molecule has 0 saturated heterocycles. The van der Waals surface area contributed by atoms with Crippen molar-refractivity contribution in [2.45, 2.75) is 22.5 Å². The standard InChI is InChI=1S/C23H21ClN2O7S2/c1-14-10-20-18(26(2)23(27)33-20)12-21(14)34(28,29)13-15-4-7-17(8-5-15)25-35(30,31)22-11-16(24)6-9-19(22)32-3/h4-12,25H,13H2,1-3H3. The van der Waals surface area contributed by atoms with Crippen molar-refractivity contribution >= 4 is 48.2 Å². The Kier molecular flexibility index (Phi) is 6.43. The maximum Gasteiger partial charge on any atom is 0.419 e. The van der Waals surface area contributed by atoms with Gasteiger partial charge in [0.1, 0.15) is 10.6 Å². The molecule has 0 fully saturated rings. The first-order valence-corrected chi connectivity index (χ1v) is 13.7. The zero-order valence-corrected chi connectivity index (χ0v) is 21.3. The summed E-state index contributed by atoms with van der Waals surface area (Å²) < 4.78 is 65.8. The fourth-order valence-corrected chi connectivity index (χ4v) is 6.75. The summed E-state index contributed by atoms with van der Waals surface area (Å²) in [5, 5.41) is 0.232. The van der Waals surface area contributed by atoms with Crippen LogP contribution in [0.15, 0.2) is 73.6 Å². The highest BCUT2D eigenvalue weighted by Crippen LogP contribution is 2.29. The molecule has 0 bridgehead atoms. The van der Waals surface area contributed by atoms with Gasteiger partial charge in [0.25, 0.3) is 10.0 Å². The number of ether oxygens (including phenoxy) is 1. The van der Waals surface area contributed by atoms with Crippen LogP contribution in [-0.2, 0) is 32.7 Å². The van der Waals surface area contributed by atoms with E-state index in [4.69, 9.17) is 20.8 Å². The predicted molar refractivity (Wildman–Crippen MR) is 132 cm³/mol. The number of oxazole rings is 1. The summed E-state index contributed by atoms with van der Waals surface area (Å²) in [6, 6.07) is 13.2. The minimum atomic E-state index is -4.01. The Morgan fingerprint density at radius 2 is 1.69 bits per heavy atom. The van der Waals surface area contributed by atoms with Crippen molar-refractivity contribution in [1.82, 2.24) is 4.57 Å². The average Bonchev–Trinajstić information content (AvgIpc) is 3.06. The topological polar surface area (TPSA) is 125 Å². The van der Waals surface area contributed by atoms with Crippen LogP contribution in [-0.4, -0.2) is 28.5 Å². The number of nitrogens with zero attached hydrogens (tertiary/aromatic N) is 1. The molecule has 184 valence electrons. The van der Waals surface area contributed by atoms with E-state index in [1.54, 1.807) is 6.92 Å². The van der Waals surface area contributed by atoms with E-state index >= 15 is 0 Å². The average molecular weight is 537 g/mol. The summed E-state index contributed by atoms with van der Waals surface area (Å²) >= 11 is 5.94. The number of hydrogen-bond donors (Lipinski definition) is 1. The first kappa shape index (κ1) is 24.8. The first-order valence-electron chi connectivity index (χ1n) is 10.2. The number of aryl methyl sites for hydroxylation is 2. The minimum Gasteiger partial charge on any atom is -0.495 e. The van der Waals surface area contributed by atoms with E-state index in [9.17, 15) is 21.6 Å². The van der Waals surface area contributed by atoms with Crippen LogP contribution in [0.1, 0.15) is 11.1 Å². The van der Waals surface area contributed by atoms with Gasteiger partial charge in [0.2, 0.25) is 0 Å². The molecule has 0 radical (unpaired) electrons. The Hall–Kier alpha value is -3.28. The summed E-state index contributed by atoms with van der Waals surface area (Å²) in [5.74, 6) is -0.769. The van der Waals surface area contributed by atoms with Gasteiger partial charge in [-0.3, -0.25) is 9.29 Å². The molecule has 0 spiro atoms. The Morgan fingerprint density at radius 3 is 2.34 bits per heavy atom. The second kappa shape index (κ2) is 9.06. The molecule has 1 heterocycles. The molecule has 1 aromatic heterocycles. The molecular formula is C23H21ClN2O7S2. The number of anilines is 1. The third-order valence-corrected chi connectivity index (χ3v) is 8.86. The van der Waals surface area contributed by atoms with E-state index in [2.05, 4.69) is 4.72 Å².